The van der Waals surface area contributed by atoms with Crippen LogP contribution in [-0.4, -0.2) is 22.9 Å². The van der Waals surface area contributed by atoms with E-state index in [9.17, 15) is 9.18 Å². The van der Waals surface area contributed by atoms with Crippen molar-refractivity contribution in [2.24, 2.45) is 0 Å². The Kier molecular flexibility index (Phi) is 4.83. The predicted molar refractivity (Wildman–Crippen MR) is 107 cm³/mol. The Balaban J connectivity index is 1.72. The van der Waals surface area contributed by atoms with Crippen molar-refractivity contribution < 1.29 is 18.7 Å². The fourth-order valence-corrected chi connectivity index (χ4v) is 3.26. The van der Waals surface area contributed by atoms with E-state index in [-0.39, 0.29) is 5.82 Å². The van der Waals surface area contributed by atoms with Gasteiger partial charge in [-0.1, -0.05) is 15.9 Å². The Bertz CT molecular complexity index is 1150. The van der Waals surface area contributed by atoms with Crippen LogP contribution in [0.1, 0.15) is 10.4 Å². The maximum atomic E-state index is 13.2. The van der Waals surface area contributed by atoms with Gasteiger partial charge in [0.15, 0.2) is 0 Å². The van der Waals surface area contributed by atoms with Crippen LogP contribution in [0.25, 0.3) is 16.6 Å². The number of ether oxygens (including phenoxy) is 2. The first kappa shape index (κ1) is 18.2. The maximum Gasteiger partial charge on any atom is 0.337 e. The van der Waals surface area contributed by atoms with Gasteiger partial charge >= 0.3 is 5.97 Å². The van der Waals surface area contributed by atoms with Crippen LogP contribution in [0, 0.1) is 5.82 Å². The van der Waals surface area contributed by atoms with E-state index in [1.165, 1.54) is 19.2 Å². The summed E-state index contributed by atoms with van der Waals surface area (Å²) in [4.78, 5) is 11.6. The first-order chi connectivity index (χ1) is 13.5. The normalized spacial score (nSPS) is 10.8. The van der Waals surface area contributed by atoms with Crippen LogP contribution in [0.2, 0.25) is 0 Å². The van der Waals surface area contributed by atoms with Crippen molar-refractivity contribution in [3.05, 3.63) is 82.7 Å². The van der Waals surface area contributed by atoms with Crippen LogP contribution < -0.4 is 4.74 Å². The quantitative estimate of drug-likeness (QED) is 0.392. The highest BCUT2D eigenvalue weighted by atomic mass is 79.9. The molecule has 0 bridgehead atoms. The summed E-state index contributed by atoms with van der Waals surface area (Å²) in [6.07, 6.45) is 1.70. The maximum absolute atomic E-state index is 13.2. The van der Waals surface area contributed by atoms with E-state index < -0.39 is 5.97 Å². The van der Waals surface area contributed by atoms with E-state index >= 15 is 0 Å². The monoisotopic (exact) mass is 440 g/mol. The summed E-state index contributed by atoms with van der Waals surface area (Å²) in [5, 5.41) is 5.22. The molecule has 7 heteroatoms. The van der Waals surface area contributed by atoms with Gasteiger partial charge in [0, 0.05) is 4.47 Å². The number of benzene rings is 3. The minimum absolute atomic E-state index is 0.305. The second-order valence-corrected chi connectivity index (χ2v) is 6.90. The molecule has 0 aliphatic carbocycles. The molecule has 0 amide bonds. The van der Waals surface area contributed by atoms with Gasteiger partial charge in [0.25, 0.3) is 0 Å². The highest BCUT2D eigenvalue weighted by Crippen LogP contribution is 2.34. The molecule has 0 atom stereocenters. The summed E-state index contributed by atoms with van der Waals surface area (Å²) in [6, 6.07) is 16.5. The summed E-state index contributed by atoms with van der Waals surface area (Å²) in [6.45, 7) is 0. The van der Waals surface area contributed by atoms with Crippen molar-refractivity contribution in [2.75, 3.05) is 7.11 Å². The summed E-state index contributed by atoms with van der Waals surface area (Å²) in [7, 11) is 1.34. The van der Waals surface area contributed by atoms with E-state index in [0.29, 0.717) is 17.1 Å². The Morgan fingerprint density at radius 1 is 1.07 bits per heavy atom. The van der Waals surface area contributed by atoms with Crippen LogP contribution in [0.5, 0.6) is 11.5 Å². The Morgan fingerprint density at radius 2 is 1.79 bits per heavy atom. The van der Waals surface area contributed by atoms with Gasteiger partial charge in [0.1, 0.15) is 17.3 Å². The van der Waals surface area contributed by atoms with Crippen LogP contribution >= 0.6 is 15.9 Å². The van der Waals surface area contributed by atoms with E-state index in [1.54, 1.807) is 47.3 Å². The molecule has 3 aromatic carbocycles. The van der Waals surface area contributed by atoms with Gasteiger partial charge in [-0.25, -0.2) is 13.9 Å². The largest absolute Gasteiger partial charge is 0.465 e. The summed E-state index contributed by atoms with van der Waals surface area (Å²) in [5.74, 6) is 0.461. The van der Waals surface area contributed by atoms with E-state index in [4.69, 9.17) is 9.47 Å². The molecule has 4 rings (SSSR count). The lowest BCUT2D eigenvalue weighted by Crippen LogP contribution is -2.00. The van der Waals surface area contributed by atoms with Crippen LogP contribution in [-0.2, 0) is 4.74 Å². The molecule has 0 unspecified atom stereocenters. The molecular formula is C21H14BrFN2O3. The molecule has 1 aromatic heterocycles. The topological polar surface area (TPSA) is 53.4 Å². The number of methoxy groups -OCH3 is 1. The smallest absolute Gasteiger partial charge is 0.337 e. The van der Waals surface area contributed by atoms with Gasteiger partial charge in [0.2, 0.25) is 0 Å². The van der Waals surface area contributed by atoms with Gasteiger partial charge in [-0.2, -0.15) is 5.10 Å². The number of esters is 1. The standard InChI is InChI=1S/C21H14BrFN2O3/c1-27-21(26)13-2-8-17(9-3-13)28-20-11-14(22)10-19-18(20)12-24-25(19)16-6-4-15(23)5-7-16/h2-12H,1H3. The molecule has 0 saturated heterocycles. The van der Waals surface area contributed by atoms with Crippen LogP contribution in [0.4, 0.5) is 4.39 Å². The van der Waals surface area contributed by atoms with E-state index in [2.05, 4.69) is 21.0 Å². The lowest BCUT2D eigenvalue weighted by Gasteiger charge is -2.09. The number of carbonyl (C=O) groups excluding carboxylic acids is 1. The highest BCUT2D eigenvalue weighted by molar-refractivity contribution is 9.10. The Hall–Kier alpha value is -3.19. The van der Waals surface area contributed by atoms with Crippen molar-refractivity contribution in [3.8, 4) is 17.2 Å². The predicted octanol–water partition coefficient (Wildman–Crippen LogP) is 5.51. The van der Waals surface area contributed by atoms with Crippen LogP contribution in [0.3, 0.4) is 0 Å². The minimum atomic E-state index is -0.406. The molecule has 4 aromatic rings. The van der Waals surface area contributed by atoms with Crippen LogP contribution in [0.15, 0.2) is 71.3 Å². The second kappa shape index (κ2) is 7.44. The molecular weight excluding hydrogens is 427 g/mol. The van der Waals surface area contributed by atoms with Gasteiger partial charge in [0.05, 0.1) is 35.5 Å². The molecule has 0 fully saturated rings. The zero-order chi connectivity index (χ0) is 19.7. The molecule has 1 heterocycles. The average molecular weight is 441 g/mol. The first-order valence-corrected chi connectivity index (χ1v) is 9.14. The van der Waals surface area contributed by atoms with Gasteiger partial charge in [-0.3, -0.25) is 0 Å². The average Bonchev–Trinajstić information content (AvgIpc) is 3.12. The number of rotatable bonds is 4. The molecule has 0 N–H and O–H groups in total. The lowest BCUT2D eigenvalue weighted by atomic mass is 10.2. The Labute approximate surface area is 168 Å². The van der Waals surface area contributed by atoms with Gasteiger partial charge in [-0.15, -0.1) is 0 Å². The molecule has 140 valence electrons. The number of hydrogen-bond donors (Lipinski definition) is 0. The van der Waals surface area contributed by atoms with Crippen molar-refractivity contribution in [1.82, 2.24) is 9.78 Å². The van der Waals surface area contributed by atoms with Crippen molar-refractivity contribution in [3.63, 3.8) is 0 Å². The third kappa shape index (κ3) is 3.48. The number of hydrogen-bond acceptors (Lipinski definition) is 4. The number of fused-ring (bicyclic) bond motifs is 1. The zero-order valence-electron chi connectivity index (χ0n) is 14.7. The zero-order valence-corrected chi connectivity index (χ0v) is 16.3. The van der Waals surface area contributed by atoms with Gasteiger partial charge in [-0.05, 0) is 60.7 Å². The number of aromatic nitrogens is 2. The summed E-state index contributed by atoms with van der Waals surface area (Å²) in [5.41, 5.74) is 1.99. The lowest BCUT2D eigenvalue weighted by molar-refractivity contribution is 0.0600. The van der Waals surface area contributed by atoms with Gasteiger partial charge < -0.3 is 9.47 Å². The number of nitrogens with zero attached hydrogens (tertiary/aromatic N) is 2. The molecule has 0 aliphatic rings. The fraction of sp³-hybridized carbons (Fsp3) is 0.0476. The van der Waals surface area contributed by atoms with Crippen molar-refractivity contribution >= 4 is 32.8 Å². The molecule has 0 spiro atoms. The van der Waals surface area contributed by atoms with Crippen molar-refractivity contribution in [2.45, 2.75) is 0 Å². The third-order valence-corrected chi connectivity index (χ3v) is 4.65. The Morgan fingerprint density at radius 3 is 2.46 bits per heavy atom. The first-order valence-electron chi connectivity index (χ1n) is 8.34. The van der Waals surface area contributed by atoms with E-state index in [0.717, 1.165) is 21.1 Å². The molecule has 0 radical (unpaired) electrons. The van der Waals surface area contributed by atoms with Crippen molar-refractivity contribution in [1.29, 1.82) is 0 Å². The molecule has 0 saturated carbocycles. The van der Waals surface area contributed by atoms with E-state index in [1.807, 2.05) is 12.1 Å². The second-order valence-electron chi connectivity index (χ2n) is 5.99. The minimum Gasteiger partial charge on any atom is -0.465 e. The molecule has 28 heavy (non-hydrogen) atoms. The summed E-state index contributed by atoms with van der Waals surface area (Å²) >= 11 is 3.50. The highest BCUT2D eigenvalue weighted by Gasteiger charge is 2.13. The number of carbonyl (C=O) groups is 1. The SMILES string of the molecule is COC(=O)c1ccc(Oc2cc(Br)cc3c2cnn3-c2ccc(F)cc2)cc1. The third-order valence-electron chi connectivity index (χ3n) is 4.19. The molecule has 0 aliphatic heterocycles. The summed E-state index contributed by atoms with van der Waals surface area (Å²) < 4.78 is 26.5. The molecule has 5 nitrogen and oxygen atoms in total. The number of halogens is 2. The fourth-order valence-electron chi connectivity index (χ4n) is 2.84.